The molecule has 152 valence electrons. The van der Waals surface area contributed by atoms with Gasteiger partial charge in [0.25, 0.3) is 0 Å². The number of aliphatic carboxylic acids is 1. The summed E-state index contributed by atoms with van der Waals surface area (Å²) in [4.78, 5) is 24.2. The predicted octanol–water partition coefficient (Wildman–Crippen LogP) is 3.33. The predicted molar refractivity (Wildman–Crippen MR) is 105 cm³/mol. The third kappa shape index (κ3) is 6.79. The van der Waals surface area contributed by atoms with Gasteiger partial charge in [0.2, 0.25) is 0 Å². The maximum atomic E-state index is 12.4. The molecule has 5 heteroatoms. The van der Waals surface area contributed by atoms with Crippen molar-refractivity contribution in [2.75, 3.05) is 0 Å². The van der Waals surface area contributed by atoms with Gasteiger partial charge >= 0.3 is 5.97 Å². The van der Waals surface area contributed by atoms with E-state index in [9.17, 15) is 24.9 Å². The highest BCUT2D eigenvalue weighted by Gasteiger charge is 2.46. The number of rotatable bonds is 12. The summed E-state index contributed by atoms with van der Waals surface area (Å²) in [6.07, 6.45) is 13.6. The number of hydrogen-bond acceptors (Lipinski definition) is 4. The van der Waals surface area contributed by atoms with Gasteiger partial charge in [-0.2, -0.15) is 0 Å². The van der Waals surface area contributed by atoms with Crippen molar-refractivity contribution in [3.63, 3.8) is 0 Å². The van der Waals surface area contributed by atoms with Crippen LogP contribution in [0.4, 0.5) is 0 Å². The first-order valence-corrected chi connectivity index (χ1v) is 10.1. The van der Waals surface area contributed by atoms with Crippen LogP contribution in [0.25, 0.3) is 0 Å². The number of hydrogen-bond donors (Lipinski definition) is 3. The lowest BCUT2D eigenvalue weighted by molar-refractivity contribution is -0.147. The molecule has 5 nitrogen and oxygen atoms in total. The Morgan fingerprint density at radius 1 is 1.30 bits per heavy atom. The molecule has 1 rings (SSSR count). The third-order valence-corrected chi connectivity index (χ3v) is 5.52. The molecule has 0 heterocycles. The molecular formula is C22H34O5. The number of aliphatic hydroxyl groups excluding tert-OH is 1. The molecule has 3 N–H and O–H groups in total. The van der Waals surface area contributed by atoms with E-state index >= 15 is 0 Å². The first-order valence-electron chi connectivity index (χ1n) is 10.1. The number of Topliss-reactive ketones (excluding diaryl/α,β-unsaturated/α-hetero) is 1. The van der Waals surface area contributed by atoms with E-state index < -0.39 is 35.4 Å². The van der Waals surface area contributed by atoms with Crippen molar-refractivity contribution in [2.45, 2.75) is 83.3 Å². The van der Waals surface area contributed by atoms with Crippen LogP contribution in [0.5, 0.6) is 0 Å². The van der Waals surface area contributed by atoms with Crippen molar-refractivity contribution < 1.29 is 24.9 Å². The molecule has 0 aliphatic heterocycles. The highest BCUT2D eigenvalue weighted by Crippen LogP contribution is 2.38. The summed E-state index contributed by atoms with van der Waals surface area (Å²) in [6.45, 7) is 4.09. The van der Waals surface area contributed by atoms with Crippen LogP contribution < -0.4 is 0 Å². The van der Waals surface area contributed by atoms with E-state index in [0.29, 0.717) is 12.8 Å². The Hall–Kier alpha value is -1.64. The lowest BCUT2D eigenvalue weighted by atomic mass is 9.79. The quantitative estimate of drug-likeness (QED) is 0.275. The number of carbonyl (C=O) groups excluding carboxylic acids is 1. The SMILES string of the molecule is C#C[C@@](O)(C=C[C@H]1[C@H](O)CC(=O)[C@H]1C(CCCCC)C(=O)O)CCCCC. The minimum atomic E-state index is -1.44. The fourth-order valence-corrected chi connectivity index (χ4v) is 3.86. The Balaban J connectivity index is 2.98. The monoisotopic (exact) mass is 378 g/mol. The zero-order valence-electron chi connectivity index (χ0n) is 16.6. The van der Waals surface area contributed by atoms with Crippen molar-refractivity contribution in [3.05, 3.63) is 12.2 Å². The van der Waals surface area contributed by atoms with Gasteiger partial charge in [-0.05, 0) is 25.3 Å². The van der Waals surface area contributed by atoms with E-state index in [4.69, 9.17) is 6.42 Å². The Bertz CT molecular complexity index is 562. The van der Waals surface area contributed by atoms with Crippen LogP contribution in [-0.2, 0) is 9.59 Å². The second-order valence-corrected chi connectivity index (χ2v) is 7.67. The maximum absolute atomic E-state index is 12.4. The topological polar surface area (TPSA) is 94.8 Å². The number of aliphatic hydroxyl groups is 2. The van der Waals surface area contributed by atoms with Gasteiger partial charge in [0.05, 0.1) is 12.0 Å². The number of unbranched alkanes of at least 4 members (excludes halogenated alkanes) is 4. The van der Waals surface area contributed by atoms with Gasteiger partial charge in [0.15, 0.2) is 0 Å². The molecule has 0 radical (unpaired) electrons. The van der Waals surface area contributed by atoms with Gasteiger partial charge < -0.3 is 15.3 Å². The summed E-state index contributed by atoms with van der Waals surface area (Å²) in [7, 11) is 0. The molecular weight excluding hydrogens is 344 g/mol. The fourth-order valence-electron chi connectivity index (χ4n) is 3.86. The van der Waals surface area contributed by atoms with Crippen LogP contribution >= 0.6 is 0 Å². The number of carbonyl (C=O) groups is 2. The van der Waals surface area contributed by atoms with Gasteiger partial charge in [0.1, 0.15) is 11.4 Å². The Labute approximate surface area is 162 Å². The average molecular weight is 379 g/mol. The number of ketones is 1. The van der Waals surface area contributed by atoms with E-state index in [1.165, 1.54) is 6.08 Å². The van der Waals surface area contributed by atoms with Gasteiger partial charge in [-0.3, -0.25) is 9.59 Å². The lowest BCUT2D eigenvalue weighted by Gasteiger charge is -2.25. The molecule has 1 aliphatic rings. The van der Waals surface area contributed by atoms with E-state index in [0.717, 1.165) is 38.5 Å². The minimum Gasteiger partial charge on any atom is -0.481 e. The molecule has 0 bridgehead atoms. The fraction of sp³-hybridized carbons (Fsp3) is 0.727. The van der Waals surface area contributed by atoms with Crippen molar-refractivity contribution in [2.24, 2.45) is 17.8 Å². The third-order valence-electron chi connectivity index (χ3n) is 5.52. The number of carboxylic acid groups (broad SMARTS) is 1. The highest BCUT2D eigenvalue weighted by molar-refractivity contribution is 5.89. The second-order valence-electron chi connectivity index (χ2n) is 7.67. The second kappa shape index (κ2) is 11.3. The summed E-state index contributed by atoms with van der Waals surface area (Å²) in [5.41, 5.74) is -1.44. The van der Waals surface area contributed by atoms with E-state index in [1.54, 1.807) is 6.08 Å². The molecule has 0 aromatic rings. The zero-order chi connectivity index (χ0) is 20.4. The Morgan fingerprint density at radius 2 is 1.93 bits per heavy atom. The standard InChI is InChI=1S/C22H34O5/c1-4-7-9-11-17(21(25)26)20-16(18(23)15-19(20)24)12-14-22(27,6-3)13-10-8-5-2/h3,12,14,16-18,20,23,27H,4-5,7-11,13,15H2,1-2H3,(H,25,26)/t16-,17?,18+,20+,22-/m0/s1. The smallest absolute Gasteiger partial charge is 0.307 e. The van der Waals surface area contributed by atoms with Crippen LogP contribution in [0.3, 0.4) is 0 Å². The van der Waals surface area contributed by atoms with Crippen molar-refractivity contribution in [1.82, 2.24) is 0 Å². The summed E-state index contributed by atoms with van der Waals surface area (Å²) < 4.78 is 0. The normalized spacial score (nSPS) is 26.0. The molecule has 0 aromatic carbocycles. The summed E-state index contributed by atoms with van der Waals surface area (Å²) in [5, 5.41) is 30.5. The van der Waals surface area contributed by atoms with Crippen LogP contribution in [0.15, 0.2) is 12.2 Å². The van der Waals surface area contributed by atoms with Crippen molar-refractivity contribution in [1.29, 1.82) is 0 Å². The molecule has 0 saturated heterocycles. The largest absolute Gasteiger partial charge is 0.481 e. The van der Waals surface area contributed by atoms with Crippen LogP contribution in [0, 0.1) is 30.1 Å². The van der Waals surface area contributed by atoms with Crippen LogP contribution in [0.1, 0.15) is 71.6 Å². The summed E-state index contributed by atoms with van der Waals surface area (Å²) in [5.74, 6) is -1.08. The summed E-state index contributed by atoms with van der Waals surface area (Å²) in [6, 6.07) is 0. The molecule has 5 atom stereocenters. The highest BCUT2D eigenvalue weighted by atomic mass is 16.4. The Morgan fingerprint density at radius 3 is 2.48 bits per heavy atom. The average Bonchev–Trinajstić information content (AvgIpc) is 2.90. The number of carboxylic acids is 1. The lowest BCUT2D eigenvalue weighted by Crippen LogP contribution is -2.32. The molecule has 27 heavy (non-hydrogen) atoms. The molecule has 1 aliphatic carbocycles. The Kier molecular flexibility index (Phi) is 9.76. The van der Waals surface area contributed by atoms with E-state index in [1.807, 2.05) is 6.92 Å². The number of terminal acetylenes is 1. The molecule has 1 unspecified atom stereocenters. The summed E-state index contributed by atoms with van der Waals surface area (Å²) >= 11 is 0. The first kappa shape index (κ1) is 23.4. The van der Waals surface area contributed by atoms with Gasteiger partial charge in [0, 0.05) is 18.3 Å². The van der Waals surface area contributed by atoms with E-state index in [-0.39, 0.29) is 12.2 Å². The minimum absolute atomic E-state index is 0.0540. The maximum Gasteiger partial charge on any atom is 0.307 e. The molecule has 0 amide bonds. The molecule has 0 spiro atoms. The van der Waals surface area contributed by atoms with Gasteiger partial charge in [-0.1, -0.05) is 57.9 Å². The van der Waals surface area contributed by atoms with Crippen molar-refractivity contribution >= 4 is 11.8 Å². The van der Waals surface area contributed by atoms with Crippen LogP contribution in [0.2, 0.25) is 0 Å². The van der Waals surface area contributed by atoms with Gasteiger partial charge in [-0.25, -0.2) is 0 Å². The molecule has 1 saturated carbocycles. The first-order chi connectivity index (χ1) is 12.8. The van der Waals surface area contributed by atoms with Crippen LogP contribution in [-0.4, -0.2) is 38.8 Å². The molecule has 0 aromatic heterocycles. The van der Waals surface area contributed by atoms with Crippen molar-refractivity contribution in [3.8, 4) is 12.3 Å². The van der Waals surface area contributed by atoms with E-state index in [2.05, 4.69) is 12.8 Å². The zero-order valence-corrected chi connectivity index (χ0v) is 16.6. The van der Waals surface area contributed by atoms with Gasteiger partial charge in [-0.15, -0.1) is 6.42 Å². The molecule has 1 fully saturated rings.